The molecule has 4 heterocycles. The average molecular weight is 641 g/mol. The molecule has 3 saturated heterocycles. The van der Waals surface area contributed by atoms with Gasteiger partial charge in [-0.1, -0.05) is 43.3 Å². The predicted molar refractivity (Wildman–Crippen MR) is 189 cm³/mol. The van der Waals surface area contributed by atoms with E-state index in [9.17, 15) is 9.59 Å². The van der Waals surface area contributed by atoms with Crippen LogP contribution >= 0.6 is 0 Å². The van der Waals surface area contributed by atoms with Crippen LogP contribution in [-0.2, 0) is 17.8 Å². The number of benzene rings is 2. The minimum atomic E-state index is -0.624. The number of urea groups is 1. The molecule has 0 spiro atoms. The number of hydrazone groups is 1. The summed E-state index contributed by atoms with van der Waals surface area (Å²) in [6.45, 7) is 14.1. The number of rotatable bonds is 8. The van der Waals surface area contributed by atoms with Crippen molar-refractivity contribution in [1.29, 1.82) is 0 Å². The molecule has 6 rings (SSSR count). The number of aryl methyl sites for hydroxylation is 1. The molecule has 4 aliphatic heterocycles. The zero-order valence-corrected chi connectivity index (χ0v) is 28.2. The monoisotopic (exact) mass is 640 g/mol. The number of carbonyl (C=O) groups excluding carboxylic acids is 2. The van der Waals surface area contributed by atoms with E-state index < -0.39 is 6.04 Å². The Hall–Kier alpha value is -4.05. The number of nitrogens with one attached hydrogen (secondary N) is 3. The summed E-state index contributed by atoms with van der Waals surface area (Å²) in [4.78, 5) is 36.7. The van der Waals surface area contributed by atoms with E-state index in [1.165, 1.54) is 37.9 Å². The lowest BCUT2D eigenvalue weighted by Crippen LogP contribution is -2.57. The van der Waals surface area contributed by atoms with Gasteiger partial charge in [-0.25, -0.2) is 4.79 Å². The van der Waals surface area contributed by atoms with Crippen molar-refractivity contribution >= 4 is 29.5 Å². The first-order valence-electron chi connectivity index (χ1n) is 17.6. The number of carbonyl (C=O) groups is 2. The minimum absolute atomic E-state index is 0.0233. The van der Waals surface area contributed by atoms with Crippen molar-refractivity contribution in [3.63, 3.8) is 0 Å². The van der Waals surface area contributed by atoms with Crippen molar-refractivity contribution in [3.05, 3.63) is 71.6 Å². The van der Waals surface area contributed by atoms with Gasteiger partial charge in [0, 0.05) is 63.1 Å². The normalized spacial score (nSPS) is 20.6. The first kappa shape index (κ1) is 32.9. The third kappa shape index (κ3) is 7.92. The Kier molecular flexibility index (Phi) is 10.7. The van der Waals surface area contributed by atoms with Gasteiger partial charge in [0.15, 0.2) is 0 Å². The van der Waals surface area contributed by atoms with E-state index in [0.29, 0.717) is 31.6 Å². The zero-order chi connectivity index (χ0) is 32.8. The second-order valence-corrected chi connectivity index (χ2v) is 13.6. The second-order valence-electron chi connectivity index (χ2n) is 13.6. The molecular weight excluding hydrogens is 588 g/mol. The van der Waals surface area contributed by atoms with Gasteiger partial charge in [0.1, 0.15) is 6.04 Å². The molecule has 1 atom stereocenters. The third-order valence-corrected chi connectivity index (χ3v) is 10.5. The van der Waals surface area contributed by atoms with Gasteiger partial charge in [0.2, 0.25) is 5.91 Å². The molecule has 2 aromatic rings. The van der Waals surface area contributed by atoms with Gasteiger partial charge in [0.05, 0.1) is 11.5 Å². The maximum absolute atomic E-state index is 14.1. The Labute approximate surface area is 280 Å². The Balaban J connectivity index is 1.09. The molecule has 1 unspecified atom stereocenters. The van der Waals surface area contributed by atoms with Crippen LogP contribution in [0.1, 0.15) is 68.6 Å². The van der Waals surface area contributed by atoms with E-state index in [4.69, 9.17) is 0 Å². The average Bonchev–Trinajstić information content (AvgIpc) is 3.11. The number of anilines is 2. The van der Waals surface area contributed by atoms with Crippen LogP contribution in [0.25, 0.3) is 0 Å². The number of amides is 3. The number of hydrogen-bond acceptors (Lipinski definition) is 7. The van der Waals surface area contributed by atoms with Crippen molar-refractivity contribution < 1.29 is 9.59 Å². The van der Waals surface area contributed by atoms with Crippen LogP contribution in [0.15, 0.2) is 60.0 Å². The van der Waals surface area contributed by atoms with Gasteiger partial charge >= 0.3 is 6.03 Å². The fourth-order valence-electron chi connectivity index (χ4n) is 7.76. The van der Waals surface area contributed by atoms with Crippen molar-refractivity contribution in [2.45, 2.75) is 89.9 Å². The largest absolute Gasteiger partial charge is 0.351 e. The maximum Gasteiger partial charge on any atom is 0.318 e. The van der Waals surface area contributed by atoms with E-state index in [1.54, 1.807) is 6.21 Å². The molecule has 3 amide bonds. The molecule has 47 heavy (non-hydrogen) atoms. The highest BCUT2D eigenvalue weighted by molar-refractivity contribution is 5.87. The molecule has 0 bridgehead atoms. The van der Waals surface area contributed by atoms with Gasteiger partial charge in [-0.3, -0.25) is 10.2 Å². The lowest BCUT2D eigenvalue weighted by molar-refractivity contribution is -0.134. The van der Waals surface area contributed by atoms with E-state index >= 15 is 0 Å². The number of nitrogens with zero attached hydrogens (tertiary/aromatic N) is 5. The highest BCUT2D eigenvalue weighted by atomic mass is 16.2. The number of para-hydroxylation sites is 1. The molecule has 10 heteroatoms. The van der Waals surface area contributed by atoms with Gasteiger partial charge in [0.25, 0.3) is 0 Å². The van der Waals surface area contributed by atoms with E-state index in [1.807, 2.05) is 41.8 Å². The molecule has 0 aromatic heterocycles. The number of hydrogen-bond donors (Lipinski definition) is 3. The molecular formula is C37H52N8O2. The zero-order valence-electron chi connectivity index (χ0n) is 28.2. The van der Waals surface area contributed by atoms with E-state index in [0.717, 1.165) is 73.6 Å². The van der Waals surface area contributed by atoms with Crippen LogP contribution in [0.3, 0.4) is 0 Å². The lowest BCUT2D eigenvalue weighted by Gasteiger charge is -2.43. The molecule has 0 radical (unpaired) electrons. The van der Waals surface area contributed by atoms with Crippen LogP contribution in [0.5, 0.6) is 0 Å². The lowest BCUT2D eigenvalue weighted by atomic mass is 9.97. The van der Waals surface area contributed by atoms with E-state index in [-0.39, 0.29) is 11.9 Å². The summed E-state index contributed by atoms with van der Waals surface area (Å²) in [6.07, 6.45) is 9.75. The Morgan fingerprint density at radius 2 is 1.66 bits per heavy atom. The molecule has 10 nitrogen and oxygen atoms in total. The molecule has 3 N–H and O–H groups in total. The first-order valence-corrected chi connectivity index (χ1v) is 17.6. The SMILES string of the molecule is C=C1Nc2ccccc2CN1C1CCN(C(=O)NC(Cc2ccc(N/N=C\C)c(C)c2)C(=O)N2CCC(N3CCCCC3)CC2)CC1. The molecule has 3 fully saturated rings. The van der Waals surface area contributed by atoms with Gasteiger partial charge in [-0.05, 0) is 94.3 Å². The highest BCUT2D eigenvalue weighted by Crippen LogP contribution is 2.31. The van der Waals surface area contributed by atoms with Crippen molar-refractivity contribution in [1.82, 2.24) is 24.9 Å². The smallest absolute Gasteiger partial charge is 0.318 e. The predicted octanol–water partition coefficient (Wildman–Crippen LogP) is 5.37. The fourth-order valence-corrected chi connectivity index (χ4v) is 7.76. The summed E-state index contributed by atoms with van der Waals surface area (Å²) in [6, 6.07) is 14.6. The van der Waals surface area contributed by atoms with Gasteiger partial charge < -0.3 is 30.2 Å². The van der Waals surface area contributed by atoms with E-state index in [2.05, 4.69) is 61.8 Å². The molecule has 0 aliphatic carbocycles. The molecule has 252 valence electrons. The minimum Gasteiger partial charge on any atom is -0.351 e. The number of likely N-dealkylation sites (tertiary alicyclic amines) is 3. The maximum atomic E-state index is 14.1. The molecule has 2 aromatic carbocycles. The Bertz CT molecular complexity index is 1440. The van der Waals surface area contributed by atoms with Crippen LogP contribution in [0.2, 0.25) is 0 Å². The van der Waals surface area contributed by atoms with Crippen molar-refractivity contribution in [2.75, 3.05) is 50.0 Å². The summed E-state index contributed by atoms with van der Waals surface area (Å²) in [5.41, 5.74) is 8.43. The fraction of sp³-hybridized carbons (Fsp3) is 0.541. The van der Waals surface area contributed by atoms with Crippen LogP contribution < -0.4 is 16.1 Å². The first-order chi connectivity index (χ1) is 22.9. The Morgan fingerprint density at radius 3 is 2.38 bits per heavy atom. The number of piperidine rings is 3. The summed E-state index contributed by atoms with van der Waals surface area (Å²) < 4.78 is 0. The molecule has 4 aliphatic rings. The summed E-state index contributed by atoms with van der Waals surface area (Å²) >= 11 is 0. The summed E-state index contributed by atoms with van der Waals surface area (Å²) in [5, 5.41) is 10.8. The van der Waals surface area contributed by atoms with Crippen LogP contribution in [-0.4, -0.2) is 95.1 Å². The standard InChI is InChI=1S/C37H52N8O2/c1-4-38-41-33-13-12-29(24-27(33)2)25-35(36(46)43-20-14-31(15-21-43)42-18-8-5-9-19-42)40-37(47)44-22-16-32(17-23-44)45-26-30-10-6-7-11-34(30)39-28(45)3/h4,6-7,10-13,24,31-32,35,39,41H,3,5,8-9,14-23,25-26H2,1-2H3,(H,40,47)/b38-4-. The van der Waals surface area contributed by atoms with Gasteiger partial charge in [-0.15, -0.1) is 0 Å². The van der Waals surface area contributed by atoms with Crippen molar-refractivity contribution in [3.8, 4) is 0 Å². The van der Waals surface area contributed by atoms with Crippen LogP contribution in [0, 0.1) is 6.92 Å². The van der Waals surface area contributed by atoms with Gasteiger partial charge in [-0.2, -0.15) is 5.10 Å². The third-order valence-electron chi connectivity index (χ3n) is 10.5. The Morgan fingerprint density at radius 1 is 0.957 bits per heavy atom. The van der Waals surface area contributed by atoms with Crippen molar-refractivity contribution in [2.24, 2.45) is 5.10 Å². The topological polar surface area (TPSA) is 95.5 Å². The molecule has 0 saturated carbocycles. The summed E-state index contributed by atoms with van der Waals surface area (Å²) in [7, 11) is 0. The quantitative estimate of drug-likeness (QED) is 0.265. The number of fused-ring (bicyclic) bond motifs is 1. The highest BCUT2D eigenvalue weighted by Gasteiger charge is 2.34. The summed E-state index contributed by atoms with van der Waals surface area (Å²) in [5.74, 6) is 0.939. The van der Waals surface area contributed by atoms with Crippen LogP contribution in [0.4, 0.5) is 16.2 Å². The second kappa shape index (κ2) is 15.2.